The lowest BCUT2D eigenvalue weighted by atomic mass is 10.0. The van der Waals surface area contributed by atoms with E-state index in [0.29, 0.717) is 56.0 Å². The summed E-state index contributed by atoms with van der Waals surface area (Å²) in [5.74, 6) is -0.327. The molecule has 0 bridgehead atoms. The van der Waals surface area contributed by atoms with Crippen LogP contribution in [0.5, 0.6) is 5.75 Å². The van der Waals surface area contributed by atoms with E-state index < -0.39 is 6.36 Å². The molecule has 0 fully saturated rings. The summed E-state index contributed by atoms with van der Waals surface area (Å²) in [5.41, 5.74) is 16.3. The molecule has 1 aliphatic rings. The van der Waals surface area contributed by atoms with Gasteiger partial charge in [-0.15, -0.1) is 13.2 Å². The van der Waals surface area contributed by atoms with Crippen molar-refractivity contribution in [1.82, 2.24) is 19.9 Å². The Balaban J connectivity index is 1.33. The molecule has 10 nitrogen and oxygen atoms in total. The van der Waals surface area contributed by atoms with Crippen molar-refractivity contribution in [2.24, 2.45) is 5.73 Å². The largest absolute Gasteiger partial charge is 0.573 e. The number of ether oxygens (including phenoxy) is 1. The van der Waals surface area contributed by atoms with Gasteiger partial charge >= 0.3 is 6.36 Å². The first-order valence-electron chi connectivity index (χ1n) is 13.5. The molecule has 1 aliphatic heterocycles. The van der Waals surface area contributed by atoms with Crippen LogP contribution in [-0.2, 0) is 29.0 Å². The summed E-state index contributed by atoms with van der Waals surface area (Å²) >= 11 is 0. The molecule has 0 atom stereocenters. The number of aromatic nitrogens is 3. The van der Waals surface area contributed by atoms with Gasteiger partial charge in [-0.1, -0.05) is 18.2 Å². The van der Waals surface area contributed by atoms with E-state index in [1.54, 1.807) is 11.0 Å². The Bertz CT molecular complexity index is 1620. The highest BCUT2D eigenvalue weighted by Gasteiger charge is 2.31. The van der Waals surface area contributed by atoms with Crippen LogP contribution in [0, 0.1) is 0 Å². The number of aryl methyl sites for hydroxylation is 1. The number of carbonyl (C=O) groups excluding carboxylic acids is 2. The molecule has 220 valence electrons. The number of nitrogen functional groups attached to an aromatic ring is 1. The van der Waals surface area contributed by atoms with Crippen LogP contribution in [-0.4, -0.2) is 52.3 Å². The fourth-order valence-corrected chi connectivity index (χ4v) is 5.18. The summed E-state index contributed by atoms with van der Waals surface area (Å²) < 4.78 is 43.8. The summed E-state index contributed by atoms with van der Waals surface area (Å²) in [6, 6.07) is 11.2. The minimum Gasteiger partial charge on any atom is -0.406 e. The number of halogens is 3. The monoisotopic (exact) mass is 581 g/mol. The number of hydrogen-bond donors (Lipinski definition) is 3. The third-order valence-electron chi connectivity index (χ3n) is 7.03. The minimum atomic E-state index is -4.81. The first kappa shape index (κ1) is 28.9. The number of rotatable bonds is 10. The maximum absolute atomic E-state index is 13.1. The summed E-state index contributed by atoms with van der Waals surface area (Å²) in [5, 5.41) is 3.57. The van der Waals surface area contributed by atoms with Crippen molar-refractivity contribution in [2.45, 2.75) is 38.6 Å². The van der Waals surface area contributed by atoms with Crippen molar-refractivity contribution in [1.29, 1.82) is 0 Å². The lowest BCUT2D eigenvalue weighted by Crippen LogP contribution is -2.30. The van der Waals surface area contributed by atoms with Gasteiger partial charge in [-0.25, -0.2) is 9.97 Å². The van der Waals surface area contributed by atoms with Crippen LogP contribution < -0.4 is 26.4 Å². The van der Waals surface area contributed by atoms with Crippen LogP contribution in [0.1, 0.15) is 24.0 Å². The molecule has 0 aliphatic carbocycles. The van der Waals surface area contributed by atoms with Crippen molar-refractivity contribution in [3.8, 4) is 16.9 Å². The van der Waals surface area contributed by atoms with Crippen LogP contribution in [0.3, 0.4) is 0 Å². The van der Waals surface area contributed by atoms with Gasteiger partial charge < -0.3 is 31.0 Å². The zero-order valence-electron chi connectivity index (χ0n) is 22.7. The molecule has 2 aromatic heterocycles. The number of nitrogens with two attached hydrogens (primary N) is 2. The molecule has 42 heavy (non-hydrogen) atoms. The molecule has 0 saturated carbocycles. The van der Waals surface area contributed by atoms with Crippen LogP contribution in [0.15, 0.2) is 55.0 Å². The van der Waals surface area contributed by atoms with Gasteiger partial charge in [0.1, 0.15) is 23.5 Å². The van der Waals surface area contributed by atoms with Crippen LogP contribution in [0.25, 0.3) is 22.2 Å². The maximum atomic E-state index is 13.1. The molecule has 0 radical (unpaired) electrons. The number of fused-ring (bicyclic) bond motifs is 2. The van der Waals surface area contributed by atoms with Crippen LogP contribution in [0.4, 0.5) is 24.7 Å². The Morgan fingerprint density at radius 1 is 1.12 bits per heavy atom. The number of carbonyl (C=O) groups is 2. The lowest BCUT2D eigenvalue weighted by Gasteiger charge is -2.18. The molecule has 2 aromatic carbocycles. The smallest absolute Gasteiger partial charge is 0.406 e. The molecule has 0 saturated heterocycles. The number of amides is 2. The summed E-state index contributed by atoms with van der Waals surface area (Å²) in [6.07, 6.45) is 0.0931. The molecule has 5 N–H and O–H groups in total. The zero-order valence-corrected chi connectivity index (χ0v) is 22.7. The minimum absolute atomic E-state index is 0.0652. The normalized spacial score (nSPS) is 12.9. The van der Waals surface area contributed by atoms with Crippen molar-refractivity contribution in [2.75, 3.05) is 30.3 Å². The first-order valence-corrected chi connectivity index (χ1v) is 13.5. The second-order valence-electron chi connectivity index (χ2n) is 9.95. The molecule has 13 heteroatoms. The molecule has 4 aromatic rings. The quantitative estimate of drug-likeness (QED) is 0.243. The molecule has 0 spiro atoms. The van der Waals surface area contributed by atoms with Crippen molar-refractivity contribution in [3.63, 3.8) is 0 Å². The molecule has 2 amide bonds. The van der Waals surface area contributed by atoms with Crippen LogP contribution >= 0.6 is 0 Å². The van der Waals surface area contributed by atoms with Gasteiger partial charge in [0.05, 0.1) is 11.8 Å². The van der Waals surface area contributed by atoms with E-state index in [2.05, 4.69) is 20.0 Å². The number of nitrogens with one attached hydrogen (secondary N) is 1. The second kappa shape index (κ2) is 12.1. The molecular formula is C29H30F3N7O3. The summed E-state index contributed by atoms with van der Waals surface area (Å²) in [7, 11) is 0. The van der Waals surface area contributed by atoms with Gasteiger partial charge in [0.15, 0.2) is 0 Å². The number of hydrogen-bond acceptors (Lipinski definition) is 7. The molecule has 0 unspecified atom stereocenters. The van der Waals surface area contributed by atoms with Gasteiger partial charge in [-0.2, -0.15) is 0 Å². The zero-order chi connectivity index (χ0) is 29.9. The number of anilines is 2. The third kappa shape index (κ3) is 6.46. The highest BCUT2D eigenvalue weighted by molar-refractivity contribution is 6.02. The van der Waals surface area contributed by atoms with E-state index in [1.165, 1.54) is 24.5 Å². The van der Waals surface area contributed by atoms with E-state index in [0.717, 1.165) is 27.8 Å². The highest BCUT2D eigenvalue weighted by atomic mass is 19.4. The summed E-state index contributed by atoms with van der Waals surface area (Å²) in [4.78, 5) is 35.1. The Labute approximate surface area is 239 Å². The van der Waals surface area contributed by atoms with Crippen LogP contribution in [0.2, 0.25) is 0 Å². The average Bonchev–Trinajstić information content (AvgIpc) is 3.53. The van der Waals surface area contributed by atoms with E-state index >= 15 is 0 Å². The Kier molecular flexibility index (Phi) is 8.29. The Hall–Kier alpha value is -4.65. The molecule has 3 heterocycles. The first-order chi connectivity index (χ1) is 20.1. The fraction of sp³-hybridized carbons (Fsp3) is 0.310. The molecule has 5 rings (SSSR count). The van der Waals surface area contributed by atoms with Gasteiger partial charge in [0, 0.05) is 50.0 Å². The highest BCUT2D eigenvalue weighted by Crippen LogP contribution is 2.37. The Morgan fingerprint density at radius 3 is 2.74 bits per heavy atom. The SMILES string of the molecule is NCCC(=O)NCCCn1cc(-c2ccc3c(c2)CCN3C(=O)Cc2cccc(OC(F)(F)F)c2)c2c(N)ncnc21. The average molecular weight is 582 g/mol. The number of nitrogens with zero attached hydrogens (tertiary/aromatic N) is 4. The predicted octanol–water partition coefficient (Wildman–Crippen LogP) is 3.57. The fourth-order valence-electron chi connectivity index (χ4n) is 5.18. The van der Waals surface area contributed by atoms with Gasteiger partial charge in [-0.05, 0) is 53.8 Å². The van der Waals surface area contributed by atoms with Gasteiger partial charge in [-0.3, -0.25) is 9.59 Å². The number of alkyl halides is 3. The van der Waals surface area contributed by atoms with Gasteiger partial charge in [0.25, 0.3) is 0 Å². The molecular weight excluding hydrogens is 551 g/mol. The van der Waals surface area contributed by atoms with Gasteiger partial charge in [0.2, 0.25) is 11.8 Å². The van der Waals surface area contributed by atoms with Crippen molar-refractivity contribution in [3.05, 3.63) is 66.1 Å². The van der Waals surface area contributed by atoms with E-state index in [-0.39, 0.29) is 30.4 Å². The van der Waals surface area contributed by atoms with Crippen molar-refractivity contribution >= 4 is 34.4 Å². The predicted molar refractivity (Wildman–Crippen MR) is 152 cm³/mol. The lowest BCUT2D eigenvalue weighted by molar-refractivity contribution is -0.274. The topological polar surface area (TPSA) is 141 Å². The second-order valence-corrected chi connectivity index (χ2v) is 9.95. The summed E-state index contributed by atoms with van der Waals surface area (Å²) in [6.45, 7) is 1.85. The van der Waals surface area contributed by atoms with E-state index in [4.69, 9.17) is 11.5 Å². The van der Waals surface area contributed by atoms with E-state index in [1.807, 2.05) is 29.0 Å². The maximum Gasteiger partial charge on any atom is 0.573 e. The third-order valence-corrected chi connectivity index (χ3v) is 7.03. The van der Waals surface area contributed by atoms with E-state index in [9.17, 15) is 22.8 Å². The standard InChI is InChI=1S/C29H30F3N7O3/c30-29(31,32)42-21-4-1-3-18(13-21)14-25(41)39-12-8-20-15-19(5-6-23(20)39)22-16-38(11-2-10-35-24(40)7-9-33)28-26(22)27(34)36-17-37-28/h1,3-6,13,15-17H,2,7-12,14,33H2,(H,35,40)(H2,34,36,37). The Morgan fingerprint density at radius 2 is 1.95 bits per heavy atom. The van der Waals surface area contributed by atoms with Crippen molar-refractivity contribution < 1.29 is 27.5 Å². The number of benzene rings is 2.